The molecule has 16 heavy (non-hydrogen) atoms. The number of rotatable bonds is 0. The van der Waals surface area contributed by atoms with Gasteiger partial charge in [0.1, 0.15) is 0 Å². The largest absolute Gasteiger partial charge is 0.397 e. The van der Waals surface area contributed by atoms with Crippen molar-refractivity contribution in [2.45, 2.75) is 26.2 Å². The van der Waals surface area contributed by atoms with Gasteiger partial charge in [-0.3, -0.25) is 4.98 Å². The Bertz CT molecular complexity index is 536. The molecule has 2 N–H and O–H groups in total. The van der Waals surface area contributed by atoms with Gasteiger partial charge < -0.3 is 5.73 Å². The van der Waals surface area contributed by atoms with Crippen LogP contribution in [-0.2, 0) is 5.41 Å². The number of anilines is 1. The van der Waals surface area contributed by atoms with Gasteiger partial charge in [0.15, 0.2) is 0 Å². The Morgan fingerprint density at radius 2 is 1.94 bits per heavy atom. The smallest absolute Gasteiger partial charge is 0.0707 e. The van der Waals surface area contributed by atoms with Gasteiger partial charge in [0.25, 0.3) is 0 Å². The van der Waals surface area contributed by atoms with Crippen LogP contribution in [0.25, 0.3) is 10.9 Å². The van der Waals surface area contributed by atoms with E-state index in [1.54, 1.807) is 6.20 Å². The molecule has 1 aromatic heterocycles. The van der Waals surface area contributed by atoms with Gasteiger partial charge in [-0.2, -0.15) is 0 Å². The summed E-state index contributed by atoms with van der Waals surface area (Å²) < 4.78 is 1.05. The zero-order chi connectivity index (χ0) is 11.9. The van der Waals surface area contributed by atoms with Crippen LogP contribution in [0.5, 0.6) is 0 Å². The highest BCUT2D eigenvalue weighted by atomic mass is 79.9. The van der Waals surface area contributed by atoms with Crippen molar-refractivity contribution in [3.05, 3.63) is 34.4 Å². The molecule has 1 heterocycles. The molecular weight excluding hydrogens is 264 g/mol. The Hall–Kier alpha value is -1.09. The molecule has 0 unspecified atom stereocenters. The van der Waals surface area contributed by atoms with Gasteiger partial charge in [0, 0.05) is 9.86 Å². The normalized spacial score (nSPS) is 12.0. The molecule has 0 fully saturated rings. The maximum absolute atomic E-state index is 6.05. The molecule has 0 spiro atoms. The van der Waals surface area contributed by atoms with E-state index < -0.39 is 0 Å². The molecule has 0 aliphatic rings. The zero-order valence-corrected chi connectivity index (χ0v) is 11.3. The summed E-state index contributed by atoms with van der Waals surface area (Å²) in [5.74, 6) is 0. The van der Waals surface area contributed by atoms with Crippen LogP contribution in [0.15, 0.2) is 28.9 Å². The highest BCUT2D eigenvalue weighted by molar-refractivity contribution is 9.10. The van der Waals surface area contributed by atoms with E-state index in [0.717, 1.165) is 21.1 Å². The van der Waals surface area contributed by atoms with Gasteiger partial charge in [-0.05, 0) is 29.2 Å². The molecule has 0 bridgehead atoms. The molecule has 2 nitrogen and oxygen atoms in total. The SMILES string of the molecule is CC(C)(C)c1c(N)cnc2ccc(Br)cc12. The van der Waals surface area contributed by atoms with Crippen molar-refractivity contribution in [2.75, 3.05) is 5.73 Å². The topological polar surface area (TPSA) is 38.9 Å². The van der Waals surface area contributed by atoms with Gasteiger partial charge in [0.2, 0.25) is 0 Å². The van der Waals surface area contributed by atoms with Crippen molar-refractivity contribution in [3.63, 3.8) is 0 Å². The summed E-state index contributed by atoms with van der Waals surface area (Å²) in [6.07, 6.45) is 1.75. The number of aromatic nitrogens is 1. The Morgan fingerprint density at radius 1 is 1.25 bits per heavy atom. The van der Waals surface area contributed by atoms with Crippen molar-refractivity contribution in [2.24, 2.45) is 0 Å². The molecular formula is C13H15BrN2. The lowest BCUT2D eigenvalue weighted by atomic mass is 9.84. The number of hydrogen-bond acceptors (Lipinski definition) is 2. The highest BCUT2D eigenvalue weighted by Crippen LogP contribution is 2.34. The third-order valence-corrected chi connectivity index (χ3v) is 3.10. The zero-order valence-electron chi connectivity index (χ0n) is 9.71. The fourth-order valence-corrected chi connectivity index (χ4v) is 2.38. The highest BCUT2D eigenvalue weighted by Gasteiger charge is 2.20. The summed E-state index contributed by atoms with van der Waals surface area (Å²) in [6, 6.07) is 6.09. The van der Waals surface area contributed by atoms with Crippen molar-refractivity contribution in [1.29, 1.82) is 0 Å². The Balaban J connectivity index is 2.88. The first-order chi connectivity index (χ1) is 7.39. The lowest BCUT2D eigenvalue weighted by Gasteiger charge is -2.23. The second-order valence-electron chi connectivity index (χ2n) is 5.00. The average molecular weight is 279 g/mol. The number of pyridine rings is 1. The maximum atomic E-state index is 6.05. The van der Waals surface area contributed by atoms with E-state index in [4.69, 9.17) is 5.73 Å². The molecule has 2 aromatic rings. The van der Waals surface area contributed by atoms with Crippen LogP contribution in [0.4, 0.5) is 5.69 Å². The number of halogens is 1. The molecule has 0 aliphatic heterocycles. The van der Waals surface area contributed by atoms with E-state index in [-0.39, 0.29) is 5.41 Å². The summed E-state index contributed by atoms with van der Waals surface area (Å²) in [7, 11) is 0. The van der Waals surface area contributed by atoms with Gasteiger partial charge in [-0.1, -0.05) is 36.7 Å². The monoisotopic (exact) mass is 278 g/mol. The second kappa shape index (κ2) is 3.74. The number of nitrogen functional groups attached to an aromatic ring is 1. The van der Waals surface area contributed by atoms with Gasteiger partial charge in [-0.25, -0.2) is 0 Å². The van der Waals surface area contributed by atoms with Crippen molar-refractivity contribution >= 4 is 32.5 Å². The number of benzene rings is 1. The second-order valence-corrected chi connectivity index (χ2v) is 5.92. The van der Waals surface area contributed by atoms with E-state index in [9.17, 15) is 0 Å². The predicted octanol–water partition coefficient (Wildman–Crippen LogP) is 3.88. The lowest BCUT2D eigenvalue weighted by Crippen LogP contribution is -2.15. The molecule has 2 rings (SSSR count). The third kappa shape index (κ3) is 1.92. The fourth-order valence-electron chi connectivity index (χ4n) is 2.02. The predicted molar refractivity (Wildman–Crippen MR) is 72.6 cm³/mol. The van der Waals surface area contributed by atoms with Crippen molar-refractivity contribution in [1.82, 2.24) is 4.98 Å². The van der Waals surface area contributed by atoms with E-state index in [1.807, 2.05) is 12.1 Å². The molecule has 0 atom stereocenters. The quantitative estimate of drug-likeness (QED) is 0.794. The minimum atomic E-state index is 0.0199. The number of fused-ring (bicyclic) bond motifs is 1. The standard InChI is InChI=1S/C13H15BrN2/c1-13(2,3)12-9-6-8(14)4-5-11(9)16-7-10(12)15/h4-7H,15H2,1-3H3. The van der Waals surface area contributed by atoms with Crippen LogP contribution < -0.4 is 5.73 Å². The molecule has 0 saturated heterocycles. The molecule has 1 aromatic carbocycles. The minimum absolute atomic E-state index is 0.0199. The van der Waals surface area contributed by atoms with E-state index in [2.05, 4.69) is 47.8 Å². The molecule has 0 radical (unpaired) electrons. The van der Waals surface area contributed by atoms with Crippen LogP contribution in [0.2, 0.25) is 0 Å². The van der Waals surface area contributed by atoms with Crippen LogP contribution in [0.3, 0.4) is 0 Å². The molecule has 0 aliphatic carbocycles. The van der Waals surface area contributed by atoms with Gasteiger partial charge >= 0.3 is 0 Å². The minimum Gasteiger partial charge on any atom is -0.397 e. The Labute approximate surface area is 104 Å². The first-order valence-electron chi connectivity index (χ1n) is 5.24. The van der Waals surface area contributed by atoms with Crippen molar-refractivity contribution in [3.8, 4) is 0 Å². The first kappa shape index (κ1) is 11.4. The van der Waals surface area contributed by atoms with Crippen molar-refractivity contribution < 1.29 is 0 Å². The van der Waals surface area contributed by atoms with E-state index >= 15 is 0 Å². The summed E-state index contributed by atoms with van der Waals surface area (Å²) in [6.45, 7) is 6.50. The first-order valence-corrected chi connectivity index (χ1v) is 6.03. The summed E-state index contributed by atoms with van der Waals surface area (Å²) in [5, 5.41) is 1.13. The summed E-state index contributed by atoms with van der Waals surface area (Å²) in [4.78, 5) is 4.35. The Morgan fingerprint density at radius 3 is 2.56 bits per heavy atom. The van der Waals surface area contributed by atoms with Crippen LogP contribution >= 0.6 is 15.9 Å². The van der Waals surface area contributed by atoms with Gasteiger partial charge in [-0.15, -0.1) is 0 Å². The van der Waals surface area contributed by atoms with Gasteiger partial charge in [0.05, 0.1) is 17.4 Å². The molecule has 84 valence electrons. The molecule has 3 heteroatoms. The van der Waals surface area contributed by atoms with Crippen LogP contribution in [0, 0.1) is 0 Å². The average Bonchev–Trinajstić information content (AvgIpc) is 2.14. The van der Waals surface area contributed by atoms with Crippen LogP contribution in [0.1, 0.15) is 26.3 Å². The summed E-state index contributed by atoms with van der Waals surface area (Å²) >= 11 is 3.49. The molecule has 0 amide bonds. The molecule has 0 saturated carbocycles. The maximum Gasteiger partial charge on any atom is 0.0707 e. The number of nitrogens with zero attached hydrogens (tertiary/aromatic N) is 1. The van der Waals surface area contributed by atoms with E-state index in [1.165, 1.54) is 5.56 Å². The summed E-state index contributed by atoms with van der Waals surface area (Å²) in [5.41, 5.74) is 8.98. The number of nitrogens with two attached hydrogens (primary N) is 1. The fraction of sp³-hybridized carbons (Fsp3) is 0.308. The van der Waals surface area contributed by atoms with E-state index in [0.29, 0.717) is 0 Å². The Kier molecular flexibility index (Phi) is 2.66. The lowest BCUT2D eigenvalue weighted by molar-refractivity contribution is 0.597. The number of hydrogen-bond donors (Lipinski definition) is 1. The third-order valence-electron chi connectivity index (χ3n) is 2.61. The van der Waals surface area contributed by atoms with Crippen LogP contribution in [-0.4, -0.2) is 4.98 Å².